The average molecular weight is 467 g/mol. The molecule has 0 unspecified atom stereocenters. The van der Waals surface area contributed by atoms with E-state index in [0.717, 1.165) is 5.56 Å². The number of amides is 1. The van der Waals surface area contributed by atoms with Gasteiger partial charge in [-0.05, 0) is 42.7 Å². The van der Waals surface area contributed by atoms with Crippen LogP contribution in [0.1, 0.15) is 24.8 Å². The highest BCUT2D eigenvalue weighted by molar-refractivity contribution is 7.89. The molecule has 3 rings (SSSR count). The molecule has 0 saturated carbocycles. The third-order valence-electron chi connectivity index (χ3n) is 5.27. The van der Waals surface area contributed by atoms with Gasteiger partial charge in [0.2, 0.25) is 15.9 Å². The number of methoxy groups -OCH3 is 1. The number of halogens is 1. The van der Waals surface area contributed by atoms with Crippen molar-refractivity contribution in [2.24, 2.45) is 0 Å². The fourth-order valence-electron chi connectivity index (χ4n) is 3.53. The fourth-order valence-corrected chi connectivity index (χ4v) is 4.87. The second-order valence-electron chi connectivity index (χ2n) is 7.57. The molecule has 1 aliphatic heterocycles. The smallest absolute Gasteiger partial charge is 0.241 e. The van der Waals surface area contributed by atoms with Crippen molar-refractivity contribution in [3.63, 3.8) is 0 Å². The largest absolute Gasteiger partial charge is 0.497 e. The highest BCUT2D eigenvalue weighted by Crippen LogP contribution is 2.24. The van der Waals surface area contributed by atoms with Crippen LogP contribution in [-0.2, 0) is 26.1 Å². The van der Waals surface area contributed by atoms with E-state index < -0.39 is 28.3 Å². The number of benzene rings is 2. The van der Waals surface area contributed by atoms with Crippen LogP contribution in [0.2, 0.25) is 0 Å². The number of hydrogen-bond acceptors (Lipinski definition) is 6. The van der Waals surface area contributed by atoms with Crippen LogP contribution in [0.25, 0.3) is 0 Å². The predicted octanol–water partition coefficient (Wildman–Crippen LogP) is 1.73. The molecule has 1 fully saturated rings. The van der Waals surface area contributed by atoms with Gasteiger partial charge in [0.05, 0.1) is 43.3 Å². The van der Waals surface area contributed by atoms with E-state index in [1.165, 1.54) is 31.4 Å². The molecular formula is C22H27FN2O6S. The Kier molecular flexibility index (Phi) is 8.19. The molecule has 3 N–H and O–H groups in total. The van der Waals surface area contributed by atoms with Crippen LogP contribution in [0.4, 0.5) is 4.39 Å². The van der Waals surface area contributed by atoms with Gasteiger partial charge in [-0.15, -0.1) is 0 Å². The maximum absolute atomic E-state index is 13.0. The van der Waals surface area contributed by atoms with E-state index in [2.05, 4.69) is 10.0 Å². The maximum Gasteiger partial charge on any atom is 0.241 e. The fraction of sp³-hybridized carbons (Fsp3) is 0.409. The normalized spacial score (nSPS) is 21.2. The summed E-state index contributed by atoms with van der Waals surface area (Å²) in [5, 5.41) is 12.5. The molecule has 1 amide bonds. The first-order valence-electron chi connectivity index (χ1n) is 10.2. The van der Waals surface area contributed by atoms with Gasteiger partial charge < -0.3 is 19.9 Å². The van der Waals surface area contributed by atoms with Crippen LogP contribution in [0.15, 0.2) is 53.4 Å². The first-order chi connectivity index (χ1) is 15.3. The van der Waals surface area contributed by atoms with E-state index in [1.54, 1.807) is 24.3 Å². The minimum Gasteiger partial charge on any atom is -0.497 e. The molecule has 0 bridgehead atoms. The molecule has 2 aromatic rings. The summed E-state index contributed by atoms with van der Waals surface area (Å²) in [6.07, 6.45) is -0.291. The Morgan fingerprint density at radius 2 is 1.97 bits per heavy atom. The summed E-state index contributed by atoms with van der Waals surface area (Å²) in [5.41, 5.74) is 0.768. The van der Waals surface area contributed by atoms with Crippen LogP contribution in [0.3, 0.4) is 0 Å². The van der Waals surface area contributed by atoms with Gasteiger partial charge in [-0.25, -0.2) is 17.5 Å². The number of ether oxygens (including phenoxy) is 2. The van der Waals surface area contributed by atoms with E-state index in [9.17, 15) is 22.7 Å². The van der Waals surface area contributed by atoms with Crippen molar-refractivity contribution in [1.82, 2.24) is 10.0 Å². The second kappa shape index (κ2) is 10.9. The van der Waals surface area contributed by atoms with Gasteiger partial charge in [0.1, 0.15) is 11.6 Å². The Morgan fingerprint density at radius 1 is 1.22 bits per heavy atom. The van der Waals surface area contributed by atoms with Crippen LogP contribution in [-0.4, -0.2) is 51.4 Å². The Balaban J connectivity index is 1.53. The molecule has 0 aromatic heterocycles. The zero-order chi connectivity index (χ0) is 23.1. The Bertz CT molecular complexity index is 1020. The number of carbonyl (C=O) groups is 1. The monoisotopic (exact) mass is 466 g/mol. The van der Waals surface area contributed by atoms with Gasteiger partial charge in [-0.3, -0.25) is 4.79 Å². The van der Waals surface area contributed by atoms with Crippen molar-refractivity contribution < 1.29 is 32.2 Å². The topological polar surface area (TPSA) is 114 Å². The molecule has 8 nitrogen and oxygen atoms in total. The number of hydrogen-bond donors (Lipinski definition) is 3. The Labute approximate surface area is 186 Å². The number of aliphatic hydroxyl groups is 1. The van der Waals surface area contributed by atoms with Crippen molar-refractivity contribution in [2.45, 2.75) is 49.0 Å². The zero-order valence-electron chi connectivity index (χ0n) is 17.7. The maximum atomic E-state index is 13.0. The van der Waals surface area contributed by atoms with Crippen LogP contribution in [0.5, 0.6) is 5.75 Å². The Hall–Kier alpha value is -2.53. The standard InChI is InChI=1S/C22H27FN2O6S/c1-30-17-3-2-4-19(11-17)32(28,29)25-20-10-9-18(31-21(20)14-26)12-22(27)24-13-15-5-7-16(23)8-6-15/h2-8,11,18,20-21,25-26H,9-10,12-14H2,1H3,(H,24,27)/t18-,20+,21-/m0/s1. The highest BCUT2D eigenvalue weighted by atomic mass is 32.2. The first kappa shape index (κ1) is 24.1. The first-order valence-corrected chi connectivity index (χ1v) is 11.7. The zero-order valence-corrected chi connectivity index (χ0v) is 18.5. The van der Waals surface area contributed by atoms with E-state index in [0.29, 0.717) is 18.6 Å². The lowest BCUT2D eigenvalue weighted by Gasteiger charge is -2.35. The number of carbonyl (C=O) groups excluding carboxylic acids is 1. The molecular weight excluding hydrogens is 439 g/mol. The molecule has 1 heterocycles. The molecule has 32 heavy (non-hydrogen) atoms. The van der Waals surface area contributed by atoms with Gasteiger partial charge in [-0.1, -0.05) is 18.2 Å². The third kappa shape index (κ3) is 6.49. The van der Waals surface area contributed by atoms with Crippen molar-refractivity contribution >= 4 is 15.9 Å². The lowest BCUT2D eigenvalue weighted by Crippen LogP contribution is -2.51. The molecule has 1 saturated heterocycles. The lowest BCUT2D eigenvalue weighted by atomic mass is 9.98. The number of rotatable bonds is 9. The summed E-state index contributed by atoms with van der Waals surface area (Å²) in [5.74, 6) is -0.174. The van der Waals surface area contributed by atoms with E-state index in [4.69, 9.17) is 9.47 Å². The van der Waals surface area contributed by atoms with Gasteiger partial charge in [0, 0.05) is 12.6 Å². The molecule has 10 heteroatoms. The Morgan fingerprint density at radius 3 is 2.66 bits per heavy atom. The summed E-state index contributed by atoms with van der Waals surface area (Å²) in [6, 6.07) is 11.3. The number of aliphatic hydroxyl groups excluding tert-OH is 1. The van der Waals surface area contributed by atoms with E-state index in [1.807, 2.05) is 0 Å². The summed E-state index contributed by atoms with van der Waals surface area (Å²) in [7, 11) is -2.40. The van der Waals surface area contributed by atoms with Crippen molar-refractivity contribution in [3.05, 3.63) is 59.9 Å². The molecule has 0 aliphatic carbocycles. The van der Waals surface area contributed by atoms with Crippen molar-refractivity contribution in [1.29, 1.82) is 0 Å². The SMILES string of the molecule is COc1cccc(S(=O)(=O)N[C@@H]2CC[C@@H](CC(=O)NCc3ccc(F)cc3)O[C@H]2CO)c1. The van der Waals surface area contributed by atoms with Crippen molar-refractivity contribution in [2.75, 3.05) is 13.7 Å². The molecule has 0 spiro atoms. The number of nitrogens with one attached hydrogen (secondary N) is 2. The highest BCUT2D eigenvalue weighted by Gasteiger charge is 2.34. The lowest BCUT2D eigenvalue weighted by molar-refractivity contribution is -0.130. The van der Waals surface area contributed by atoms with Crippen molar-refractivity contribution in [3.8, 4) is 5.75 Å². The van der Waals surface area contributed by atoms with Crippen LogP contribution in [0, 0.1) is 5.82 Å². The minimum absolute atomic E-state index is 0.0517. The van der Waals surface area contributed by atoms with Gasteiger partial charge in [0.25, 0.3) is 0 Å². The van der Waals surface area contributed by atoms with E-state index >= 15 is 0 Å². The number of sulfonamides is 1. The van der Waals surface area contributed by atoms with Gasteiger partial charge in [-0.2, -0.15) is 0 Å². The molecule has 3 atom stereocenters. The predicted molar refractivity (Wildman–Crippen MR) is 115 cm³/mol. The third-order valence-corrected chi connectivity index (χ3v) is 6.76. The molecule has 1 aliphatic rings. The van der Waals surface area contributed by atoms with Gasteiger partial charge in [0.15, 0.2) is 0 Å². The summed E-state index contributed by atoms with van der Waals surface area (Å²) >= 11 is 0. The summed E-state index contributed by atoms with van der Waals surface area (Å²) < 4.78 is 51.9. The second-order valence-corrected chi connectivity index (χ2v) is 9.28. The average Bonchev–Trinajstić information content (AvgIpc) is 2.79. The molecule has 2 aromatic carbocycles. The van der Waals surface area contributed by atoms with E-state index in [-0.39, 0.29) is 36.2 Å². The summed E-state index contributed by atoms with van der Waals surface area (Å²) in [4.78, 5) is 12.3. The molecule has 0 radical (unpaired) electrons. The van der Waals surface area contributed by atoms with Gasteiger partial charge >= 0.3 is 0 Å². The van der Waals surface area contributed by atoms with Crippen LogP contribution < -0.4 is 14.8 Å². The summed E-state index contributed by atoms with van der Waals surface area (Å²) in [6.45, 7) is -0.128. The molecule has 174 valence electrons. The minimum atomic E-state index is -3.85. The van der Waals surface area contributed by atoms with Crippen LogP contribution >= 0.6 is 0 Å². The quantitative estimate of drug-likeness (QED) is 0.519.